The molecule has 0 aliphatic carbocycles. The van der Waals surface area contributed by atoms with E-state index in [9.17, 15) is 26.3 Å². The number of aryl methyl sites for hydroxylation is 1. The van der Waals surface area contributed by atoms with Gasteiger partial charge in [-0.05, 0) is 49.4 Å². The molecule has 0 amide bonds. The predicted molar refractivity (Wildman–Crippen MR) is 122 cm³/mol. The highest BCUT2D eigenvalue weighted by Crippen LogP contribution is 2.42. The van der Waals surface area contributed by atoms with Crippen molar-refractivity contribution < 1.29 is 55.6 Å². The van der Waals surface area contributed by atoms with Gasteiger partial charge in [0.25, 0.3) is 0 Å². The Balaban J connectivity index is 0.000000317. The Bertz CT molecular complexity index is 1040. The van der Waals surface area contributed by atoms with Crippen molar-refractivity contribution in [1.29, 1.82) is 0 Å². The molecule has 0 saturated carbocycles. The second kappa shape index (κ2) is 13.5. The molecule has 0 bridgehead atoms. The largest absolute Gasteiger partial charge is 0.490 e. The average molecular weight is 568 g/mol. The standard InChI is InChI=1S/C19H24N4O2.2C2HF3O2/c1-15-4-5-18(22-21-15)23-13-19(14-23)17(7-10-25-19)6-9-24-12-16-3-2-8-20-11-16;2*3-2(4,5)1(6)7/h2-5,8,11,17H,6-7,9-10,12-14H2,1H3;2*(H,6,7). The number of carboxylic acid groups (broad SMARTS) is 2. The number of hydrogen-bond acceptors (Lipinski definition) is 8. The van der Waals surface area contributed by atoms with Crippen LogP contribution in [0.15, 0.2) is 36.7 Å². The molecule has 4 heterocycles. The van der Waals surface area contributed by atoms with Crippen LogP contribution < -0.4 is 4.90 Å². The van der Waals surface area contributed by atoms with Crippen LogP contribution in [0.5, 0.6) is 0 Å². The molecule has 39 heavy (non-hydrogen) atoms. The number of hydrogen-bond donors (Lipinski definition) is 2. The van der Waals surface area contributed by atoms with Gasteiger partial charge in [-0.2, -0.15) is 31.4 Å². The molecule has 2 saturated heterocycles. The van der Waals surface area contributed by atoms with E-state index in [-0.39, 0.29) is 5.60 Å². The van der Waals surface area contributed by atoms with Crippen LogP contribution in [0.1, 0.15) is 24.1 Å². The monoisotopic (exact) mass is 568 g/mol. The Morgan fingerprint density at radius 2 is 1.69 bits per heavy atom. The summed E-state index contributed by atoms with van der Waals surface area (Å²) in [4.78, 5) is 24.2. The molecule has 1 spiro atoms. The minimum atomic E-state index is -5.08. The van der Waals surface area contributed by atoms with Gasteiger partial charge in [0.15, 0.2) is 5.82 Å². The summed E-state index contributed by atoms with van der Waals surface area (Å²) in [6.45, 7) is 5.99. The summed E-state index contributed by atoms with van der Waals surface area (Å²) in [6, 6.07) is 8.03. The first-order valence-electron chi connectivity index (χ1n) is 11.4. The molecule has 2 aliphatic heterocycles. The van der Waals surface area contributed by atoms with Crippen molar-refractivity contribution in [1.82, 2.24) is 15.2 Å². The van der Waals surface area contributed by atoms with E-state index in [1.807, 2.05) is 37.4 Å². The first-order chi connectivity index (χ1) is 18.1. The molecule has 10 nitrogen and oxygen atoms in total. The van der Waals surface area contributed by atoms with Crippen LogP contribution in [-0.4, -0.2) is 81.6 Å². The van der Waals surface area contributed by atoms with Crippen LogP contribution in [0.4, 0.5) is 32.2 Å². The second-order valence-corrected chi connectivity index (χ2v) is 8.60. The van der Waals surface area contributed by atoms with Crippen molar-refractivity contribution >= 4 is 17.8 Å². The fourth-order valence-corrected chi connectivity index (χ4v) is 3.76. The molecule has 2 aromatic heterocycles. The lowest BCUT2D eigenvalue weighted by Crippen LogP contribution is -2.65. The highest BCUT2D eigenvalue weighted by atomic mass is 19.4. The lowest BCUT2D eigenvalue weighted by molar-refractivity contribution is -0.193. The highest BCUT2D eigenvalue weighted by Gasteiger charge is 2.53. The lowest BCUT2D eigenvalue weighted by atomic mass is 9.79. The average Bonchev–Trinajstić information content (AvgIpc) is 3.26. The maximum Gasteiger partial charge on any atom is 0.490 e. The molecule has 16 heteroatoms. The summed E-state index contributed by atoms with van der Waals surface area (Å²) in [5.74, 6) is -4.02. The molecule has 0 aromatic carbocycles. The number of aliphatic carboxylic acids is 2. The van der Waals surface area contributed by atoms with Gasteiger partial charge in [0.1, 0.15) is 5.60 Å². The summed E-state index contributed by atoms with van der Waals surface area (Å²) in [5, 5.41) is 22.7. The number of aromatic nitrogens is 3. The zero-order valence-electron chi connectivity index (χ0n) is 20.6. The van der Waals surface area contributed by atoms with Gasteiger partial charge < -0.3 is 24.6 Å². The van der Waals surface area contributed by atoms with Crippen LogP contribution >= 0.6 is 0 Å². The molecule has 2 aromatic rings. The van der Waals surface area contributed by atoms with E-state index in [0.717, 1.165) is 56.2 Å². The third kappa shape index (κ3) is 9.94. The Morgan fingerprint density at radius 3 is 2.18 bits per heavy atom. The summed E-state index contributed by atoms with van der Waals surface area (Å²) >= 11 is 0. The van der Waals surface area contributed by atoms with Gasteiger partial charge >= 0.3 is 24.3 Å². The SMILES string of the molecule is Cc1ccc(N2CC3(C2)OCCC3CCOCc2cccnc2)nn1.O=C(O)C(F)(F)F.O=C(O)C(F)(F)F. The van der Waals surface area contributed by atoms with Gasteiger partial charge in [0, 0.05) is 25.6 Å². The van der Waals surface area contributed by atoms with Crippen molar-refractivity contribution in [2.75, 3.05) is 31.2 Å². The maximum atomic E-state index is 10.6. The smallest absolute Gasteiger partial charge is 0.475 e. The fourth-order valence-electron chi connectivity index (χ4n) is 3.76. The van der Waals surface area contributed by atoms with Crippen molar-refractivity contribution in [3.05, 3.63) is 47.9 Å². The highest BCUT2D eigenvalue weighted by molar-refractivity contribution is 5.73. The van der Waals surface area contributed by atoms with Crippen molar-refractivity contribution in [3.63, 3.8) is 0 Å². The van der Waals surface area contributed by atoms with Crippen LogP contribution in [0.3, 0.4) is 0 Å². The maximum absolute atomic E-state index is 10.6. The van der Waals surface area contributed by atoms with E-state index in [4.69, 9.17) is 29.3 Å². The molecular formula is C23H26F6N4O6. The Kier molecular flexibility index (Phi) is 11.0. The minimum absolute atomic E-state index is 0.0236. The number of ether oxygens (including phenoxy) is 2. The van der Waals surface area contributed by atoms with Gasteiger partial charge in [-0.15, -0.1) is 5.10 Å². The number of nitrogens with zero attached hydrogens (tertiary/aromatic N) is 4. The van der Waals surface area contributed by atoms with E-state index in [1.54, 1.807) is 6.20 Å². The van der Waals surface area contributed by atoms with E-state index in [2.05, 4.69) is 20.1 Å². The van der Waals surface area contributed by atoms with Gasteiger partial charge in [-0.3, -0.25) is 4.98 Å². The molecule has 2 fully saturated rings. The third-order valence-electron chi connectivity index (χ3n) is 5.71. The first kappa shape index (κ1) is 31.7. The van der Waals surface area contributed by atoms with Crippen LogP contribution in [0, 0.1) is 12.8 Å². The molecule has 1 unspecified atom stereocenters. The summed E-state index contributed by atoms with van der Waals surface area (Å²) in [5.41, 5.74) is 2.04. The Hall–Kier alpha value is -3.53. The van der Waals surface area contributed by atoms with E-state index < -0.39 is 24.3 Å². The Morgan fingerprint density at radius 1 is 1.08 bits per heavy atom. The van der Waals surface area contributed by atoms with Crippen LogP contribution in [-0.2, 0) is 25.7 Å². The predicted octanol–water partition coefficient (Wildman–Crippen LogP) is 3.65. The first-order valence-corrected chi connectivity index (χ1v) is 11.4. The van der Waals surface area contributed by atoms with Gasteiger partial charge in [-0.1, -0.05) is 6.07 Å². The zero-order chi connectivity index (χ0) is 29.3. The van der Waals surface area contributed by atoms with Crippen molar-refractivity contribution in [3.8, 4) is 0 Å². The van der Waals surface area contributed by atoms with Gasteiger partial charge in [0.2, 0.25) is 0 Å². The molecule has 2 aliphatic rings. The number of carboxylic acids is 2. The van der Waals surface area contributed by atoms with Gasteiger partial charge in [-0.25, -0.2) is 9.59 Å². The van der Waals surface area contributed by atoms with E-state index in [1.165, 1.54) is 0 Å². The summed E-state index contributed by atoms with van der Waals surface area (Å²) in [7, 11) is 0. The van der Waals surface area contributed by atoms with E-state index >= 15 is 0 Å². The molecular weight excluding hydrogens is 542 g/mol. The van der Waals surface area contributed by atoms with Crippen LogP contribution in [0.2, 0.25) is 0 Å². The minimum Gasteiger partial charge on any atom is -0.475 e. The van der Waals surface area contributed by atoms with Crippen molar-refractivity contribution in [2.24, 2.45) is 5.92 Å². The summed E-state index contributed by atoms with van der Waals surface area (Å²) < 4.78 is 75.4. The number of halogens is 6. The lowest BCUT2D eigenvalue weighted by Gasteiger charge is -2.50. The number of pyridine rings is 1. The second-order valence-electron chi connectivity index (χ2n) is 8.60. The number of anilines is 1. The summed E-state index contributed by atoms with van der Waals surface area (Å²) in [6.07, 6.45) is -4.38. The number of alkyl halides is 6. The number of carbonyl (C=O) groups is 2. The third-order valence-corrected chi connectivity index (χ3v) is 5.71. The quantitative estimate of drug-likeness (QED) is 0.393. The normalized spacial score (nSPS) is 17.8. The molecule has 0 radical (unpaired) electrons. The van der Waals surface area contributed by atoms with E-state index in [0.29, 0.717) is 12.5 Å². The van der Waals surface area contributed by atoms with Gasteiger partial charge in [0.05, 0.1) is 25.4 Å². The molecule has 1 atom stereocenters. The molecule has 4 rings (SSSR count). The topological polar surface area (TPSA) is 135 Å². The fraction of sp³-hybridized carbons (Fsp3) is 0.522. The van der Waals surface area contributed by atoms with Crippen molar-refractivity contribution in [2.45, 2.75) is 44.3 Å². The van der Waals surface area contributed by atoms with Crippen LogP contribution in [0.25, 0.3) is 0 Å². The molecule has 216 valence electrons. The number of rotatable bonds is 6. The Labute approximate surface area is 218 Å². The molecule has 2 N–H and O–H groups in total. The zero-order valence-corrected chi connectivity index (χ0v) is 20.6.